The van der Waals surface area contributed by atoms with Gasteiger partial charge in [-0.25, -0.2) is 4.39 Å². The van der Waals surface area contributed by atoms with Crippen molar-refractivity contribution >= 4 is 0 Å². The van der Waals surface area contributed by atoms with Gasteiger partial charge < -0.3 is 5.73 Å². The Morgan fingerprint density at radius 2 is 2.20 bits per heavy atom. The van der Waals surface area contributed by atoms with Crippen molar-refractivity contribution in [1.29, 1.82) is 0 Å². The van der Waals surface area contributed by atoms with Gasteiger partial charge in [-0.2, -0.15) is 0 Å². The second-order valence-corrected chi connectivity index (χ2v) is 3.92. The average Bonchev–Trinajstić information content (AvgIpc) is 2.17. The fourth-order valence-electron chi connectivity index (χ4n) is 1.62. The predicted octanol–water partition coefficient (Wildman–Crippen LogP) is 3.49. The Labute approximate surface area is 90.8 Å². The van der Waals surface area contributed by atoms with Crippen LogP contribution in [-0.2, 0) is 0 Å². The summed E-state index contributed by atoms with van der Waals surface area (Å²) in [6.45, 7) is 7.88. The molecule has 0 saturated carbocycles. The minimum absolute atomic E-state index is 0.0713. The van der Waals surface area contributed by atoms with Gasteiger partial charge in [0.25, 0.3) is 0 Å². The highest BCUT2D eigenvalue weighted by Crippen LogP contribution is 2.22. The number of hydrogen-bond donors (Lipinski definition) is 1. The molecule has 0 radical (unpaired) electrons. The Morgan fingerprint density at radius 3 is 2.73 bits per heavy atom. The van der Waals surface area contributed by atoms with Crippen LogP contribution in [0, 0.1) is 12.7 Å². The van der Waals surface area contributed by atoms with Crippen LogP contribution in [0.25, 0.3) is 0 Å². The average molecular weight is 207 g/mol. The van der Waals surface area contributed by atoms with Crippen LogP contribution in [0.1, 0.15) is 36.9 Å². The van der Waals surface area contributed by atoms with E-state index in [0.29, 0.717) is 0 Å². The highest BCUT2D eigenvalue weighted by atomic mass is 19.1. The van der Waals surface area contributed by atoms with E-state index in [0.717, 1.165) is 29.5 Å². The molecule has 0 aliphatic carbocycles. The lowest BCUT2D eigenvalue weighted by atomic mass is 9.96. The van der Waals surface area contributed by atoms with E-state index < -0.39 is 0 Å². The summed E-state index contributed by atoms with van der Waals surface area (Å²) in [7, 11) is 0. The van der Waals surface area contributed by atoms with Crippen LogP contribution < -0.4 is 5.73 Å². The van der Waals surface area contributed by atoms with E-state index in [-0.39, 0.29) is 11.9 Å². The molecule has 0 aromatic heterocycles. The molecule has 1 rings (SSSR count). The van der Waals surface area contributed by atoms with E-state index in [1.165, 1.54) is 12.1 Å². The molecule has 1 nitrogen and oxygen atoms in total. The summed E-state index contributed by atoms with van der Waals surface area (Å²) in [4.78, 5) is 0. The predicted molar refractivity (Wildman–Crippen MR) is 62.1 cm³/mol. The van der Waals surface area contributed by atoms with Gasteiger partial charge in [0, 0.05) is 6.04 Å². The molecule has 1 aromatic rings. The van der Waals surface area contributed by atoms with Crippen LogP contribution in [0.3, 0.4) is 0 Å². The second kappa shape index (κ2) is 5.08. The fourth-order valence-corrected chi connectivity index (χ4v) is 1.62. The molecule has 1 aromatic carbocycles. The van der Waals surface area contributed by atoms with Gasteiger partial charge >= 0.3 is 0 Å². The van der Waals surface area contributed by atoms with Crippen LogP contribution in [-0.4, -0.2) is 0 Å². The van der Waals surface area contributed by atoms with E-state index >= 15 is 0 Å². The lowest BCUT2D eigenvalue weighted by molar-refractivity contribution is 0.621. The Balaban J connectivity index is 2.82. The van der Waals surface area contributed by atoms with Crippen LogP contribution in [0.4, 0.5) is 4.39 Å². The zero-order valence-electron chi connectivity index (χ0n) is 9.39. The van der Waals surface area contributed by atoms with E-state index in [4.69, 9.17) is 5.73 Å². The molecule has 0 spiro atoms. The highest BCUT2D eigenvalue weighted by Gasteiger charge is 2.10. The van der Waals surface area contributed by atoms with Crippen LogP contribution in [0.15, 0.2) is 30.4 Å². The molecule has 1 atom stereocenters. The summed E-state index contributed by atoms with van der Waals surface area (Å²) < 4.78 is 12.9. The maximum Gasteiger partial charge on any atom is 0.123 e. The zero-order valence-corrected chi connectivity index (χ0v) is 9.39. The van der Waals surface area contributed by atoms with E-state index in [9.17, 15) is 4.39 Å². The SMILES string of the molecule is C=C(CC)CC(N)c1ccc(F)cc1C. The zero-order chi connectivity index (χ0) is 11.4. The Kier molecular flexibility index (Phi) is 4.04. The molecule has 2 N–H and O–H groups in total. The van der Waals surface area contributed by atoms with Crippen molar-refractivity contribution < 1.29 is 4.39 Å². The van der Waals surface area contributed by atoms with Crippen molar-refractivity contribution in [2.45, 2.75) is 32.7 Å². The van der Waals surface area contributed by atoms with E-state index in [2.05, 4.69) is 13.5 Å². The molecule has 2 heteroatoms. The first-order valence-corrected chi connectivity index (χ1v) is 5.23. The smallest absolute Gasteiger partial charge is 0.123 e. The first-order valence-electron chi connectivity index (χ1n) is 5.23. The third-order valence-corrected chi connectivity index (χ3v) is 2.64. The van der Waals surface area contributed by atoms with Gasteiger partial charge in [0.05, 0.1) is 0 Å². The number of nitrogens with two attached hydrogens (primary N) is 1. The third-order valence-electron chi connectivity index (χ3n) is 2.64. The van der Waals surface area contributed by atoms with Gasteiger partial charge in [-0.05, 0) is 43.0 Å². The van der Waals surface area contributed by atoms with Gasteiger partial charge in [-0.1, -0.05) is 25.1 Å². The maximum absolute atomic E-state index is 12.9. The summed E-state index contributed by atoms with van der Waals surface area (Å²) in [5.41, 5.74) is 9.08. The quantitative estimate of drug-likeness (QED) is 0.751. The monoisotopic (exact) mass is 207 g/mol. The molecule has 0 amide bonds. The third kappa shape index (κ3) is 3.17. The summed E-state index contributed by atoms with van der Waals surface area (Å²) in [5.74, 6) is -0.210. The number of benzene rings is 1. The first kappa shape index (κ1) is 11.9. The van der Waals surface area contributed by atoms with Gasteiger partial charge in [0.1, 0.15) is 5.82 Å². The minimum Gasteiger partial charge on any atom is -0.324 e. The van der Waals surface area contributed by atoms with Crippen molar-refractivity contribution in [1.82, 2.24) is 0 Å². The molecule has 0 bridgehead atoms. The molecule has 82 valence electrons. The molecule has 0 saturated heterocycles. The van der Waals surface area contributed by atoms with E-state index in [1.807, 2.05) is 6.92 Å². The minimum atomic E-state index is -0.210. The van der Waals surface area contributed by atoms with Crippen molar-refractivity contribution in [2.24, 2.45) is 5.73 Å². The topological polar surface area (TPSA) is 26.0 Å². The maximum atomic E-state index is 12.9. The van der Waals surface area contributed by atoms with Crippen molar-refractivity contribution in [2.75, 3.05) is 0 Å². The Morgan fingerprint density at radius 1 is 1.53 bits per heavy atom. The van der Waals surface area contributed by atoms with Crippen LogP contribution in [0.5, 0.6) is 0 Å². The molecular weight excluding hydrogens is 189 g/mol. The molecule has 0 fully saturated rings. The lowest BCUT2D eigenvalue weighted by Gasteiger charge is -2.15. The number of rotatable bonds is 4. The Bertz CT molecular complexity index is 358. The first-order chi connectivity index (χ1) is 7.04. The van der Waals surface area contributed by atoms with Gasteiger partial charge in [0.2, 0.25) is 0 Å². The molecule has 0 aliphatic rings. The summed E-state index contributed by atoms with van der Waals surface area (Å²) in [6.07, 6.45) is 1.71. The van der Waals surface area contributed by atoms with Gasteiger partial charge in [-0.15, -0.1) is 0 Å². The number of halogens is 1. The largest absolute Gasteiger partial charge is 0.324 e. The molecule has 15 heavy (non-hydrogen) atoms. The van der Waals surface area contributed by atoms with Crippen LogP contribution in [0.2, 0.25) is 0 Å². The molecule has 1 unspecified atom stereocenters. The Hall–Kier alpha value is -1.15. The standard InChI is InChI=1S/C13H18FN/c1-4-9(2)7-13(15)12-6-5-11(14)8-10(12)3/h5-6,8,13H,2,4,7,15H2,1,3H3. The number of aryl methyl sites for hydroxylation is 1. The summed E-state index contributed by atoms with van der Waals surface area (Å²) in [6, 6.07) is 4.66. The summed E-state index contributed by atoms with van der Waals surface area (Å²) >= 11 is 0. The van der Waals surface area contributed by atoms with Gasteiger partial charge in [-0.3, -0.25) is 0 Å². The fraction of sp³-hybridized carbons (Fsp3) is 0.385. The van der Waals surface area contributed by atoms with E-state index in [1.54, 1.807) is 6.07 Å². The lowest BCUT2D eigenvalue weighted by Crippen LogP contribution is -2.12. The van der Waals surface area contributed by atoms with Crippen molar-refractivity contribution in [3.63, 3.8) is 0 Å². The molecular formula is C13H18FN. The molecule has 0 heterocycles. The summed E-state index contributed by atoms with van der Waals surface area (Å²) in [5, 5.41) is 0. The number of hydrogen-bond acceptors (Lipinski definition) is 1. The normalized spacial score (nSPS) is 12.5. The van der Waals surface area contributed by atoms with Crippen molar-refractivity contribution in [3.05, 3.63) is 47.3 Å². The highest BCUT2D eigenvalue weighted by molar-refractivity contribution is 5.30. The van der Waals surface area contributed by atoms with Gasteiger partial charge in [0.15, 0.2) is 0 Å². The second-order valence-electron chi connectivity index (χ2n) is 3.92. The van der Waals surface area contributed by atoms with Crippen molar-refractivity contribution in [3.8, 4) is 0 Å². The molecule has 0 aliphatic heterocycles. The van der Waals surface area contributed by atoms with Crippen LogP contribution >= 0.6 is 0 Å².